The van der Waals surface area contributed by atoms with Gasteiger partial charge in [0.15, 0.2) is 5.76 Å². The van der Waals surface area contributed by atoms with Crippen molar-refractivity contribution in [2.45, 2.75) is 25.7 Å². The molecule has 0 fully saturated rings. The topological polar surface area (TPSA) is 144 Å². The molecule has 2 atom stereocenters. The second-order valence-corrected chi connectivity index (χ2v) is 7.02. The third-order valence-corrected chi connectivity index (χ3v) is 4.74. The number of hydrogen-bond donors (Lipinski definition) is 3. The fourth-order valence-electron chi connectivity index (χ4n) is 3.02. The molecule has 0 saturated carbocycles. The number of aliphatic hydroxyl groups is 2. The van der Waals surface area contributed by atoms with Crippen molar-refractivity contribution in [3.05, 3.63) is 87.9 Å². The van der Waals surface area contributed by atoms with Crippen molar-refractivity contribution in [2.24, 2.45) is 0 Å². The van der Waals surface area contributed by atoms with Crippen LogP contribution in [0.2, 0.25) is 0 Å². The average Bonchev–Trinajstić information content (AvgIpc) is 3.31. The predicted octanol–water partition coefficient (Wildman–Crippen LogP) is 2.99. The Morgan fingerprint density at radius 2 is 1.70 bits per heavy atom. The second kappa shape index (κ2) is 11.1. The lowest BCUT2D eigenvalue weighted by Crippen LogP contribution is -2.41. The van der Waals surface area contributed by atoms with Crippen molar-refractivity contribution in [3.63, 3.8) is 0 Å². The van der Waals surface area contributed by atoms with E-state index in [1.807, 2.05) is 6.92 Å². The summed E-state index contributed by atoms with van der Waals surface area (Å²) in [7, 11) is 0. The highest BCUT2D eigenvalue weighted by Crippen LogP contribution is 2.22. The summed E-state index contributed by atoms with van der Waals surface area (Å²) < 4.78 is 16.5. The molecule has 33 heavy (non-hydrogen) atoms. The molecule has 3 rings (SSSR count). The van der Waals surface area contributed by atoms with Gasteiger partial charge in [-0.15, -0.1) is 0 Å². The van der Waals surface area contributed by atoms with Crippen LogP contribution in [0.1, 0.15) is 34.9 Å². The van der Waals surface area contributed by atoms with E-state index in [-0.39, 0.29) is 18.1 Å². The van der Waals surface area contributed by atoms with Gasteiger partial charge in [0.2, 0.25) is 0 Å². The van der Waals surface area contributed by atoms with E-state index in [1.54, 1.807) is 30.3 Å². The minimum Gasteiger partial charge on any atom is -0.494 e. The smallest absolute Gasteiger partial charge is 0.287 e. The van der Waals surface area contributed by atoms with E-state index in [4.69, 9.17) is 13.9 Å². The summed E-state index contributed by atoms with van der Waals surface area (Å²) in [6.45, 7) is 2.00. The zero-order valence-electron chi connectivity index (χ0n) is 17.8. The number of hydrogen-bond acceptors (Lipinski definition) is 8. The highest BCUT2D eigenvalue weighted by Gasteiger charge is 2.24. The predicted molar refractivity (Wildman–Crippen MR) is 117 cm³/mol. The molecule has 0 aliphatic carbocycles. The maximum atomic E-state index is 12.5. The zero-order chi connectivity index (χ0) is 23.8. The molecule has 2 unspecified atom stereocenters. The number of aliphatic hydroxyl groups excluding tert-OH is 2. The van der Waals surface area contributed by atoms with Crippen LogP contribution >= 0.6 is 0 Å². The number of ether oxygens (including phenoxy) is 2. The standard InChI is InChI=1S/C23H24N2O8/c1-2-31-17-7-9-18(10-8-17)32-14-19-11-12-21(33-19)23(28)24-20(13-26)22(27)15-3-5-16(6-4-15)25(29)30/h3-12,20,22,26-27H,2,13-14H2,1H3,(H,24,28). The maximum Gasteiger partial charge on any atom is 0.287 e. The van der Waals surface area contributed by atoms with Crippen molar-refractivity contribution in [1.82, 2.24) is 5.32 Å². The van der Waals surface area contributed by atoms with Gasteiger partial charge in [-0.3, -0.25) is 14.9 Å². The quantitative estimate of drug-likeness (QED) is 0.295. The molecule has 1 aromatic heterocycles. The van der Waals surface area contributed by atoms with Gasteiger partial charge in [-0.2, -0.15) is 0 Å². The summed E-state index contributed by atoms with van der Waals surface area (Å²) in [6, 6.07) is 14.3. The van der Waals surface area contributed by atoms with Crippen LogP contribution in [0.15, 0.2) is 65.1 Å². The van der Waals surface area contributed by atoms with Crippen LogP contribution in [0.5, 0.6) is 11.5 Å². The third-order valence-electron chi connectivity index (χ3n) is 4.74. The molecular formula is C23H24N2O8. The van der Waals surface area contributed by atoms with Crippen LogP contribution in [-0.4, -0.2) is 40.3 Å². The summed E-state index contributed by atoms with van der Waals surface area (Å²) in [4.78, 5) is 22.7. The van der Waals surface area contributed by atoms with Crippen LogP contribution < -0.4 is 14.8 Å². The Morgan fingerprint density at radius 1 is 1.06 bits per heavy atom. The van der Waals surface area contributed by atoms with Gasteiger partial charge in [0.1, 0.15) is 30.0 Å². The Kier molecular flexibility index (Phi) is 8.01. The molecule has 2 aromatic carbocycles. The third kappa shape index (κ3) is 6.31. The van der Waals surface area contributed by atoms with E-state index in [1.165, 1.54) is 30.3 Å². The van der Waals surface area contributed by atoms with Crippen molar-refractivity contribution in [3.8, 4) is 11.5 Å². The van der Waals surface area contributed by atoms with Gasteiger partial charge in [0, 0.05) is 12.1 Å². The number of amides is 1. The maximum absolute atomic E-state index is 12.5. The lowest BCUT2D eigenvalue weighted by molar-refractivity contribution is -0.384. The molecule has 0 spiro atoms. The first-order valence-corrected chi connectivity index (χ1v) is 10.2. The molecule has 0 aliphatic heterocycles. The monoisotopic (exact) mass is 456 g/mol. The number of nitro benzene ring substituents is 1. The number of nitrogens with zero attached hydrogens (tertiary/aromatic N) is 1. The van der Waals surface area contributed by atoms with Gasteiger partial charge < -0.3 is 29.4 Å². The molecule has 3 N–H and O–H groups in total. The minimum atomic E-state index is -1.28. The lowest BCUT2D eigenvalue weighted by Gasteiger charge is -2.22. The van der Waals surface area contributed by atoms with E-state index in [0.29, 0.717) is 23.7 Å². The number of carbonyl (C=O) groups is 1. The molecule has 0 bridgehead atoms. The first kappa shape index (κ1) is 23.8. The van der Waals surface area contributed by atoms with E-state index in [0.717, 1.165) is 5.75 Å². The molecule has 0 saturated heterocycles. The van der Waals surface area contributed by atoms with Crippen LogP contribution in [0, 0.1) is 10.1 Å². The van der Waals surface area contributed by atoms with E-state index in [9.17, 15) is 25.1 Å². The largest absolute Gasteiger partial charge is 0.494 e. The second-order valence-electron chi connectivity index (χ2n) is 7.02. The van der Waals surface area contributed by atoms with Gasteiger partial charge in [0.05, 0.1) is 24.2 Å². The van der Waals surface area contributed by atoms with Crippen molar-refractivity contribution < 1.29 is 33.8 Å². The summed E-state index contributed by atoms with van der Waals surface area (Å²) in [6.07, 6.45) is -1.28. The lowest BCUT2D eigenvalue weighted by atomic mass is 10.0. The number of benzene rings is 2. The Hall–Kier alpha value is -3.89. The van der Waals surface area contributed by atoms with E-state index in [2.05, 4.69) is 5.32 Å². The molecule has 1 heterocycles. The molecule has 0 radical (unpaired) electrons. The van der Waals surface area contributed by atoms with Gasteiger partial charge in [-0.25, -0.2) is 0 Å². The normalized spacial score (nSPS) is 12.6. The molecule has 10 nitrogen and oxygen atoms in total. The highest BCUT2D eigenvalue weighted by molar-refractivity contribution is 5.91. The number of furan rings is 1. The first-order chi connectivity index (χ1) is 15.9. The van der Waals surface area contributed by atoms with Crippen molar-refractivity contribution in [1.29, 1.82) is 0 Å². The molecule has 1 amide bonds. The van der Waals surface area contributed by atoms with Gasteiger partial charge in [0.25, 0.3) is 11.6 Å². The van der Waals surface area contributed by atoms with Gasteiger partial charge in [-0.05, 0) is 61.0 Å². The number of carbonyl (C=O) groups excluding carboxylic acids is 1. The fraction of sp³-hybridized carbons (Fsp3) is 0.261. The summed E-state index contributed by atoms with van der Waals surface area (Å²) in [5.74, 6) is 1.09. The van der Waals surface area contributed by atoms with Gasteiger partial charge in [-0.1, -0.05) is 0 Å². The number of rotatable bonds is 11. The summed E-state index contributed by atoms with van der Waals surface area (Å²) in [5.41, 5.74) is 0.176. The molecular weight excluding hydrogens is 432 g/mol. The Bertz CT molecular complexity index is 1060. The average molecular weight is 456 g/mol. The molecule has 0 aliphatic rings. The number of non-ortho nitro benzene ring substituents is 1. The highest BCUT2D eigenvalue weighted by atomic mass is 16.6. The number of nitro groups is 1. The van der Waals surface area contributed by atoms with Crippen LogP contribution in [0.3, 0.4) is 0 Å². The summed E-state index contributed by atoms with van der Waals surface area (Å²) >= 11 is 0. The minimum absolute atomic E-state index is 0.0188. The van der Waals surface area contributed by atoms with Gasteiger partial charge >= 0.3 is 0 Å². The molecule has 10 heteroatoms. The first-order valence-electron chi connectivity index (χ1n) is 10.2. The molecule has 174 valence electrons. The van der Waals surface area contributed by atoms with E-state index < -0.39 is 29.6 Å². The summed E-state index contributed by atoms with van der Waals surface area (Å²) in [5, 5.41) is 33.4. The van der Waals surface area contributed by atoms with Crippen molar-refractivity contribution >= 4 is 11.6 Å². The Labute approximate surface area is 189 Å². The Morgan fingerprint density at radius 3 is 2.27 bits per heavy atom. The van der Waals surface area contributed by atoms with Crippen LogP contribution in [0.4, 0.5) is 5.69 Å². The zero-order valence-corrected chi connectivity index (χ0v) is 17.8. The van der Waals surface area contributed by atoms with Crippen LogP contribution in [0.25, 0.3) is 0 Å². The molecule has 3 aromatic rings. The Balaban J connectivity index is 1.57. The fourth-order valence-corrected chi connectivity index (χ4v) is 3.02. The van der Waals surface area contributed by atoms with Crippen molar-refractivity contribution in [2.75, 3.05) is 13.2 Å². The number of nitrogens with one attached hydrogen (secondary N) is 1. The van der Waals surface area contributed by atoms with Crippen LogP contribution in [-0.2, 0) is 6.61 Å². The van der Waals surface area contributed by atoms with E-state index >= 15 is 0 Å². The SMILES string of the molecule is CCOc1ccc(OCc2ccc(C(=O)NC(CO)C(O)c3ccc([N+](=O)[O-])cc3)o2)cc1.